The second-order valence-corrected chi connectivity index (χ2v) is 6.59. The molecule has 3 nitrogen and oxygen atoms in total. The summed E-state index contributed by atoms with van der Waals surface area (Å²) >= 11 is 0. The molecule has 2 atom stereocenters. The van der Waals surface area contributed by atoms with Crippen LogP contribution in [0.3, 0.4) is 0 Å². The summed E-state index contributed by atoms with van der Waals surface area (Å²) in [6.45, 7) is 4.08. The van der Waals surface area contributed by atoms with Crippen LogP contribution < -0.4 is 10.2 Å². The summed E-state index contributed by atoms with van der Waals surface area (Å²) in [6.07, 6.45) is 9.63. The maximum Gasteiger partial charge on any atom is 0.165 e. The second-order valence-electron chi connectivity index (χ2n) is 6.59. The lowest BCUT2D eigenvalue weighted by molar-refractivity contribution is 0.267. The molecule has 21 heavy (non-hydrogen) atoms. The lowest BCUT2D eigenvalue weighted by Gasteiger charge is -2.30. The van der Waals surface area contributed by atoms with Crippen molar-refractivity contribution >= 4 is 5.82 Å². The van der Waals surface area contributed by atoms with E-state index in [1.807, 2.05) is 0 Å². The van der Waals surface area contributed by atoms with Crippen LogP contribution in [-0.4, -0.2) is 30.2 Å². The zero-order chi connectivity index (χ0) is 14.7. The average Bonchev–Trinajstić information content (AvgIpc) is 2.97. The van der Waals surface area contributed by atoms with Crippen molar-refractivity contribution in [2.75, 3.05) is 18.0 Å². The third-order valence-electron chi connectivity index (χ3n) is 5.08. The number of hydrogen-bond donors (Lipinski definition) is 1. The molecule has 1 saturated carbocycles. The molecule has 0 bridgehead atoms. The number of rotatable bonds is 4. The Morgan fingerprint density at radius 2 is 2.10 bits per heavy atom. The molecular weight excluding hydrogens is 265 g/mol. The molecular formula is C17H26FN3. The molecule has 4 heteroatoms. The third kappa shape index (κ3) is 3.54. The van der Waals surface area contributed by atoms with Gasteiger partial charge in [0.25, 0.3) is 0 Å². The third-order valence-corrected chi connectivity index (χ3v) is 5.08. The van der Waals surface area contributed by atoms with Crippen molar-refractivity contribution in [1.29, 1.82) is 0 Å². The Bertz CT molecular complexity index is 459. The molecule has 2 heterocycles. The highest BCUT2D eigenvalue weighted by Gasteiger charge is 2.28. The van der Waals surface area contributed by atoms with Gasteiger partial charge < -0.3 is 10.2 Å². The van der Waals surface area contributed by atoms with Gasteiger partial charge >= 0.3 is 0 Å². The summed E-state index contributed by atoms with van der Waals surface area (Å²) in [5.41, 5.74) is 0. The molecule has 116 valence electrons. The fourth-order valence-corrected chi connectivity index (χ4v) is 3.84. The lowest BCUT2D eigenvalue weighted by atomic mass is 9.84. The van der Waals surface area contributed by atoms with E-state index in [4.69, 9.17) is 0 Å². The van der Waals surface area contributed by atoms with Gasteiger partial charge in [0.2, 0.25) is 0 Å². The van der Waals surface area contributed by atoms with Gasteiger partial charge in [-0.15, -0.1) is 0 Å². The van der Waals surface area contributed by atoms with Crippen LogP contribution >= 0.6 is 0 Å². The number of hydrogen-bond acceptors (Lipinski definition) is 3. The smallest absolute Gasteiger partial charge is 0.165 e. The van der Waals surface area contributed by atoms with Crippen molar-refractivity contribution in [3.05, 3.63) is 24.1 Å². The van der Waals surface area contributed by atoms with Crippen molar-refractivity contribution in [3.8, 4) is 0 Å². The topological polar surface area (TPSA) is 28.2 Å². The van der Waals surface area contributed by atoms with Crippen molar-refractivity contribution < 1.29 is 4.39 Å². The summed E-state index contributed by atoms with van der Waals surface area (Å²) in [4.78, 5) is 6.26. The number of pyridine rings is 1. The first kappa shape index (κ1) is 14.8. The van der Waals surface area contributed by atoms with E-state index in [2.05, 4.69) is 22.1 Å². The summed E-state index contributed by atoms with van der Waals surface area (Å²) < 4.78 is 13.8. The molecule has 1 aliphatic carbocycles. The maximum absolute atomic E-state index is 13.8. The van der Waals surface area contributed by atoms with E-state index in [0.29, 0.717) is 17.9 Å². The average molecular weight is 291 g/mol. The van der Waals surface area contributed by atoms with E-state index in [1.54, 1.807) is 12.3 Å². The van der Waals surface area contributed by atoms with Crippen LogP contribution in [0.25, 0.3) is 0 Å². The molecule has 1 N–H and O–H groups in total. The molecule has 1 aliphatic heterocycles. The highest BCUT2D eigenvalue weighted by Crippen LogP contribution is 2.27. The van der Waals surface area contributed by atoms with Gasteiger partial charge in [-0.2, -0.15) is 0 Å². The maximum atomic E-state index is 13.8. The fraction of sp³-hybridized carbons (Fsp3) is 0.706. The molecule has 1 aromatic rings. The minimum atomic E-state index is -0.210. The van der Waals surface area contributed by atoms with Crippen LogP contribution in [0, 0.1) is 11.7 Å². The SMILES string of the molecule is C[C@@H](N[C@H]1CCN(c2ncccc2F)C1)C1CCCCC1. The normalized spacial score (nSPS) is 25.2. The number of nitrogens with zero attached hydrogens (tertiary/aromatic N) is 2. The molecule has 0 amide bonds. The predicted molar refractivity (Wildman–Crippen MR) is 84.0 cm³/mol. The Balaban J connectivity index is 1.53. The van der Waals surface area contributed by atoms with Crippen LogP contribution in [0.5, 0.6) is 0 Å². The van der Waals surface area contributed by atoms with Crippen molar-refractivity contribution in [1.82, 2.24) is 10.3 Å². The van der Waals surface area contributed by atoms with Crippen molar-refractivity contribution in [3.63, 3.8) is 0 Å². The monoisotopic (exact) mass is 291 g/mol. The molecule has 2 fully saturated rings. The summed E-state index contributed by atoms with van der Waals surface area (Å²) in [7, 11) is 0. The summed E-state index contributed by atoms with van der Waals surface area (Å²) in [5, 5.41) is 3.78. The van der Waals surface area contributed by atoms with Gasteiger partial charge in [-0.1, -0.05) is 19.3 Å². The second kappa shape index (κ2) is 6.73. The Morgan fingerprint density at radius 3 is 2.86 bits per heavy atom. The fourth-order valence-electron chi connectivity index (χ4n) is 3.84. The van der Waals surface area contributed by atoms with Crippen LogP contribution in [0.1, 0.15) is 45.4 Å². The Hall–Kier alpha value is -1.16. The first-order valence-electron chi connectivity index (χ1n) is 8.35. The first-order chi connectivity index (χ1) is 10.2. The molecule has 1 aromatic heterocycles. The minimum absolute atomic E-state index is 0.210. The molecule has 0 radical (unpaired) electrons. The lowest BCUT2D eigenvalue weighted by Crippen LogP contribution is -2.43. The highest BCUT2D eigenvalue weighted by molar-refractivity contribution is 5.41. The summed E-state index contributed by atoms with van der Waals surface area (Å²) in [5.74, 6) is 1.12. The van der Waals surface area contributed by atoms with Crippen LogP contribution in [0.4, 0.5) is 10.2 Å². The standard InChI is InChI=1S/C17H26FN3/c1-13(14-6-3-2-4-7-14)20-15-9-11-21(12-15)17-16(18)8-5-10-19-17/h5,8,10,13-15,20H,2-4,6-7,9,11-12H2,1H3/t13-,15+/m1/s1. The first-order valence-corrected chi connectivity index (χ1v) is 8.35. The van der Waals surface area contributed by atoms with E-state index in [1.165, 1.54) is 38.2 Å². The number of anilines is 1. The molecule has 1 saturated heterocycles. The quantitative estimate of drug-likeness (QED) is 0.922. The predicted octanol–water partition coefficient (Wildman–Crippen LogP) is 3.36. The number of aromatic nitrogens is 1. The van der Waals surface area contributed by atoms with E-state index in [-0.39, 0.29) is 5.82 Å². The Labute approximate surface area is 126 Å². The van der Waals surface area contributed by atoms with E-state index in [9.17, 15) is 4.39 Å². The van der Waals surface area contributed by atoms with Gasteiger partial charge in [0, 0.05) is 31.4 Å². The molecule has 0 aromatic carbocycles. The van der Waals surface area contributed by atoms with E-state index < -0.39 is 0 Å². The van der Waals surface area contributed by atoms with Gasteiger partial charge in [-0.25, -0.2) is 9.37 Å². The molecule has 0 spiro atoms. The van der Waals surface area contributed by atoms with E-state index >= 15 is 0 Å². The Morgan fingerprint density at radius 1 is 1.29 bits per heavy atom. The molecule has 3 rings (SSSR count). The summed E-state index contributed by atoms with van der Waals surface area (Å²) in [6, 6.07) is 4.18. The van der Waals surface area contributed by atoms with Gasteiger partial charge in [0.1, 0.15) is 0 Å². The highest BCUT2D eigenvalue weighted by atomic mass is 19.1. The Kier molecular flexibility index (Phi) is 4.73. The number of halogens is 1. The van der Waals surface area contributed by atoms with Crippen molar-refractivity contribution in [2.24, 2.45) is 5.92 Å². The van der Waals surface area contributed by atoms with Crippen LogP contribution in [-0.2, 0) is 0 Å². The van der Waals surface area contributed by atoms with Gasteiger partial charge in [0.05, 0.1) is 0 Å². The molecule has 0 unspecified atom stereocenters. The van der Waals surface area contributed by atoms with Gasteiger partial charge in [-0.05, 0) is 44.2 Å². The van der Waals surface area contributed by atoms with E-state index in [0.717, 1.165) is 25.4 Å². The zero-order valence-corrected chi connectivity index (χ0v) is 12.9. The van der Waals surface area contributed by atoms with Crippen LogP contribution in [0.15, 0.2) is 18.3 Å². The van der Waals surface area contributed by atoms with Gasteiger partial charge in [-0.3, -0.25) is 0 Å². The van der Waals surface area contributed by atoms with Gasteiger partial charge in [0.15, 0.2) is 11.6 Å². The van der Waals surface area contributed by atoms with Crippen LogP contribution in [0.2, 0.25) is 0 Å². The zero-order valence-electron chi connectivity index (χ0n) is 12.9. The number of nitrogens with one attached hydrogen (secondary N) is 1. The minimum Gasteiger partial charge on any atom is -0.353 e. The van der Waals surface area contributed by atoms with Crippen molar-refractivity contribution in [2.45, 2.75) is 57.5 Å². The largest absolute Gasteiger partial charge is 0.353 e. The molecule has 2 aliphatic rings.